The fourth-order valence-electron chi connectivity index (χ4n) is 3.25. The summed E-state index contributed by atoms with van der Waals surface area (Å²) in [5, 5.41) is 12.7. The van der Waals surface area contributed by atoms with E-state index in [9.17, 15) is 4.79 Å². The van der Waals surface area contributed by atoms with Gasteiger partial charge < -0.3 is 10.4 Å². The van der Waals surface area contributed by atoms with Crippen molar-refractivity contribution in [3.63, 3.8) is 0 Å². The fourth-order valence-corrected chi connectivity index (χ4v) is 3.25. The summed E-state index contributed by atoms with van der Waals surface area (Å²) in [7, 11) is 0. The van der Waals surface area contributed by atoms with Gasteiger partial charge in [0.25, 0.3) is 0 Å². The molecular weight excluding hydrogens is 226 g/mol. The first-order chi connectivity index (χ1) is 8.70. The number of aliphatic carboxylic acids is 1. The van der Waals surface area contributed by atoms with Crippen LogP contribution >= 0.6 is 0 Å². The minimum absolute atomic E-state index is 0.0730. The van der Waals surface area contributed by atoms with E-state index in [1.165, 1.54) is 25.7 Å². The van der Waals surface area contributed by atoms with Crippen LogP contribution in [0, 0.1) is 17.8 Å². The zero-order chi connectivity index (χ0) is 13.0. The van der Waals surface area contributed by atoms with Crippen LogP contribution in [0.2, 0.25) is 0 Å². The van der Waals surface area contributed by atoms with Crippen LogP contribution in [0.25, 0.3) is 0 Å². The van der Waals surface area contributed by atoms with Crippen LogP contribution in [0.15, 0.2) is 0 Å². The molecule has 104 valence electrons. The van der Waals surface area contributed by atoms with E-state index < -0.39 is 5.97 Å². The molecular formula is C15H27NO2. The van der Waals surface area contributed by atoms with Gasteiger partial charge in [-0.1, -0.05) is 13.3 Å². The maximum absolute atomic E-state index is 10.9. The lowest BCUT2D eigenvalue weighted by atomic mass is 9.82. The van der Waals surface area contributed by atoms with Crippen molar-refractivity contribution >= 4 is 5.97 Å². The Kier molecular flexibility index (Phi) is 5.04. The first-order valence-electron chi connectivity index (χ1n) is 7.67. The number of carbonyl (C=O) groups is 1. The van der Waals surface area contributed by atoms with Gasteiger partial charge in [0, 0.05) is 6.04 Å². The molecule has 0 heterocycles. The van der Waals surface area contributed by atoms with Crippen LogP contribution in [0.5, 0.6) is 0 Å². The molecule has 2 aliphatic carbocycles. The highest BCUT2D eigenvalue weighted by Crippen LogP contribution is 2.35. The average molecular weight is 253 g/mol. The van der Waals surface area contributed by atoms with E-state index in [-0.39, 0.29) is 5.92 Å². The van der Waals surface area contributed by atoms with E-state index in [1.54, 1.807) is 0 Å². The van der Waals surface area contributed by atoms with Gasteiger partial charge in [-0.3, -0.25) is 4.79 Å². The summed E-state index contributed by atoms with van der Waals surface area (Å²) < 4.78 is 0. The smallest absolute Gasteiger partial charge is 0.306 e. The van der Waals surface area contributed by atoms with Gasteiger partial charge >= 0.3 is 5.97 Å². The van der Waals surface area contributed by atoms with Crippen LogP contribution in [0.4, 0.5) is 0 Å². The quantitative estimate of drug-likeness (QED) is 0.733. The lowest BCUT2D eigenvalue weighted by molar-refractivity contribution is -0.143. The van der Waals surface area contributed by atoms with E-state index in [0.29, 0.717) is 5.92 Å². The zero-order valence-corrected chi connectivity index (χ0v) is 11.5. The number of hydrogen-bond donors (Lipinski definition) is 2. The van der Waals surface area contributed by atoms with Gasteiger partial charge in [0.2, 0.25) is 0 Å². The highest BCUT2D eigenvalue weighted by molar-refractivity contribution is 5.69. The van der Waals surface area contributed by atoms with Gasteiger partial charge in [-0.2, -0.15) is 0 Å². The minimum atomic E-state index is -0.594. The second kappa shape index (κ2) is 6.55. The van der Waals surface area contributed by atoms with Crippen molar-refractivity contribution in [1.29, 1.82) is 0 Å². The predicted octanol–water partition coefficient (Wildman–Crippen LogP) is 3.05. The molecule has 0 amide bonds. The van der Waals surface area contributed by atoms with Gasteiger partial charge in [-0.15, -0.1) is 0 Å². The number of nitrogens with one attached hydrogen (secondary N) is 1. The van der Waals surface area contributed by atoms with Crippen LogP contribution in [-0.2, 0) is 4.79 Å². The van der Waals surface area contributed by atoms with E-state index in [0.717, 1.165) is 44.2 Å². The van der Waals surface area contributed by atoms with Crippen LogP contribution in [0.1, 0.15) is 58.3 Å². The van der Waals surface area contributed by atoms with E-state index >= 15 is 0 Å². The topological polar surface area (TPSA) is 49.3 Å². The summed E-state index contributed by atoms with van der Waals surface area (Å²) in [4.78, 5) is 10.9. The third kappa shape index (κ3) is 3.98. The molecule has 0 bridgehead atoms. The molecule has 2 rings (SSSR count). The van der Waals surface area contributed by atoms with Crippen molar-refractivity contribution in [2.75, 3.05) is 6.54 Å². The molecule has 2 N–H and O–H groups in total. The van der Waals surface area contributed by atoms with Crippen molar-refractivity contribution in [1.82, 2.24) is 5.32 Å². The van der Waals surface area contributed by atoms with Crippen molar-refractivity contribution in [3.05, 3.63) is 0 Å². The van der Waals surface area contributed by atoms with Gasteiger partial charge in [-0.05, 0) is 63.3 Å². The number of carboxylic acids is 1. The Morgan fingerprint density at radius 1 is 1.22 bits per heavy atom. The highest BCUT2D eigenvalue weighted by atomic mass is 16.4. The predicted molar refractivity (Wildman–Crippen MR) is 72.5 cm³/mol. The van der Waals surface area contributed by atoms with Gasteiger partial charge in [-0.25, -0.2) is 0 Å². The summed E-state index contributed by atoms with van der Waals surface area (Å²) in [6.07, 6.45) is 9.32. The largest absolute Gasteiger partial charge is 0.481 e. The molecule has 2 aliphatic rings. The van der Waals surface area contributed by atoms with Gasteiger partial charge in [0.1, 0.15) is 0 Å². The van der Waals surface area contributed by atoms with Crippen molar-refractivity contribution in [2.45, 2.75) is 64.3 Å². The summed E-state index contributed by atoms with van der Waals surface area (Å²) >= 11 is 0. The Balaban J connectivity index is 1.66. The molecule has 0 aromatic carbocycles. The van der Waals surface area contributed by atoms with Crippen molar-refractivity contribution < 1.29 is 9.90 Å². The lowest BCUT2D eigenvalue weighted by Gasteiger charge is -2.28. The monoisotopic (exact) mass is 253 g/mol. The Morgan fingerprint density at radius 3 is 2.39 bits per heavy atom. The Hall–Kier alpha value is -0.570. The molecule has 0 aliphatic heterocycles. The van der Waals surface area contributed by atoms with E-state index in [2.05, 4.69) is 12.2 Å². The summed E-state index contributed by atoms with van der Waals surface area (Å²) in [5.74, 6) is 0.971. The number of hydrogen-bond acceptors (Lipinski definition) is 2. The second-order valence-electron chi connectivity index (χ2n) is 6.20. The molecule has 1 atom stereocenters. The maximum atomic E-state index is 10.9. The maximum Gasteiger partial charge on any atom is 0.306 e. The summed E-state index contributed by atoms with van der Waals surface area (Å²) in [6.45, 7) is 3.36. The van der Waals surface area contributed by atoms with E-state index in [4.69, 9.17) is 5.11 Å². The molecule has 2 saturated carbocycles. The summed E-state index contributed by atoms with van der Waals surface area (Å²) in [6, 6.07) is 0.729. The van der Waals surface area contributed by atoms with Crippen molar-refractivity contribution in [3.8, 4) is 0 Å². The highest BCUT2D eigenvalue weighted by Gasteiger charge is 2.31. The zero-order valence-electron chi connectivity index (χ0n) is 11.5. The normalized spacial score (nSPS) is 30.1. The van der Waals surface area contributed by atoms with Gasteiger partial charge in [0.05, 0.1) is 5.92 Å². The molecule has 0 radical (unpaired) electrons. The lowest BCUT2D eigenvalue weighted by Crippen LogP contribution is -2.36. The summed E-state index contributed by atoms with van der Waals surface area (Å²) in [5.41, 5.74) is 0. The Morgan fingerprint density at radius 2 is 1.89 bits per heavy atom. The first-order valence-corrected chi connectivity index (χ1v) is 7.67. The van der Waals surface area contributed by atoms with Gasteiger partial charge in [0.15, 0.2) is 0 Å². The molecule has 0 spiro atoms. The third-order valence-corrected chi connectivity index (χ3v) is 4.66. The Labute approximate surface area is 110 Å². The van der Waals surface area contributed by atoms with Crippen LogP contribution in [0.3, 0.4) is 0 Å². The van der Waals surface area contributed by atoms with Crippen LogP contribution < -0.4 is 5.32 Å². The third-order valence-electron chi connectivity index (χ3n) is 4.66. The second-order valence-corrected chi connectivity index (χ2v) is 6.20. The molecule has 1 unspecified atom stereocenters. The fraction of sp³-hybridized carbons (Fsp3) is 0.933. The standard InChI is InChI=1S/C15H27NO2/c1-2-3-14(12-8-9-12)16-10-11-4-6-13(7-5-11)15(17)18/h11-14,16H,2-10H2,1H3,(H,17,18). The first kappa shape index (κ1) is 13.9. The SMILES string of the molecule is CCCC(NCC1CCC(C(=O)O)CC1)C1CC1. The number of carboxylic acid groups (broad SMARTS) is 1. The molecule has 18 heavy (non-hydrogen) atoms. The minimum Gasteiger partial charge on any atom is -0.481 e. The average Bonchev–Trinajstić information content (AvgIpc) is 3.19. The molecule has 0 saturated heterocycles. The molecule has 3 nitrogen and oxygen atoms in total. The molecule has 0 aromatic rings. The Bertz CT molecular complexity index is 268. The van der Waals surface area contributed by atoms with E-state index in [1.807, 2.05) is 0 Å². The molecule has 3 heteroatoms. The molecule has 0 aromatic heterocycles. The van der Waals surface area contributed by atoms with Crippen LogP contribution in [-0.4, -0.2) is 23.7 Å². The van der Waals surface area contributed by atoms with Crippen molar-refractivity contribution in [2.24, 2.45) is 17.8 Å². The molecule has 2 fully saturated rings. The number of rotatable bonds is 7.